The van der Waals surface area contributed by atoms with Crippen LogP contribution in [-0.2, 0) is 15.1 Å². The largest absolute Gasteiger partial charge is 0.493 e. The highest BCUT2D eigenvalue weighted by Gasteiger charge is 2.70. The Labute approximate surface area is 181 Å². The molecule has 0 aromatic heterocycles. The minimum atomic E-state index is -1.44. The average Bonchev–Trinajstić information content (AvgIpc) is 3.03. The number of ether oxygens (including phenoxy) is 3. The maximum Gasteiger partial charge on any atom is 0.319 e. The van der Waals surface area contributed by atoms with E-state index in [-0.39, 0.29) is 23.8 Å². The monoisotopic (exact) mass is 430 g/mol. The minimum Gasteiger partial charge on any atom is -0.493 e. The van der Waals surface area contributed by atoms with Crippen LogP contribution in [0.15, 0.2) is 17.1 Å². The number of fused-ring (bicyclic) bond motifs is 4. The molecule has 1 saturated carbocycles. The number of piperidine rings is 2. The van der Waals surface area contributed by atoms with Crippen LogP contribution in [0.3, 0.4) is 0 Å². The molecule has 31 heavy (non-hydrogen) atoms. The Kier molecular flexibility index (Phi) is 4.63. The molecule has 168 valence electrons. The number of carbonyl (C=O) groups is 1. The standard InChI is InChI=1S/C23H30N2O6/c1-5-12-8-13-11-22(21(27)31-4)18(12)25(19(13)26)7-6-23(28)14-9-16(29-2)17(30-3)10-15(14)24-20(22)23/h9-10,12-13,18-19,26,28H,5-8,11H2,1-4H3/t12-,13+,18-,19+,22-,23-/m0/s1. The van der Waals surface area contributed by atoms with E-state index in [1.54, 1.807) is 26.4 Å². The highest BCUT2D eigenvalue weighted by molar-refractivity contribution is 6.15. The fraction of sp³-hybridized carbons (Fsp3) is 0.652. The van der Waals surface area contributed by atoms with Gasteiger partial charge in [-0.15, -0.1) is 0 Å². The Hall–Kier alpha value is -2.16. The maximum atomic E-state index is 13.5. The van der Waals surface area contributed by atoms with Crippen LogP contribution < -0.4 is 9.47 Å². The lowest BCUT2D eigenvalue weighted by molar-refractivity contribution is -0.199. The van der Waals surface area contributed by atoms with Gasteiger partial charge in [0.1, 0.15) is 17.2 Å². The zero-order valence-corrected chi connectivity index (χ0v) is 18.4. The molecule has 3 saturated heterocycles. The van der Waals surface area contributed by atoms with Gasteiger partial charge in [0, 0.05) is 30.1 Å². The summed E-state index contributed by atoms with van der Waals surface area (Å²) in [7, 11) is 4.49. The molecule has 0 radical (unpaired) electrons. The molecule has 0 amide bonds. The van der Waals surface area contributed by atoms with Gasteiger partial charge in [0.2, 0.25) is 0 Å². The molecule has 1 aromatic carbocycles. The molecule has 4 aliphatic heterocycles. The number of rotatable bonds is 4. The van der Waals surface area contributed by atoms with Crippen molar-refractivity contribution in [2.45, 2.75) is 50.5 Å². The molecule has 8 nitrogen and oxygen atoms in total. The van der Waals surface area contributed by atoms with E-state index in [4.69, 9.17) is 19.2 Å². The Bertz CT molecular complexity index is 964. The third-order valence-corrected chi connectivity index (χ3v) is 8.06. The van der Waals surface area contributed by atoms with Crippen LogP contribution in [0.1, 0.15) is 38.2 Å². The molecule has 5 aliphatic rings. The number of aliphatic imine (C=N–C) groups is 1. The zero-order valence-electron chi connectivity index (χ0n) is 18.4. The SMILES string of the molecule is CC[C@H]1C[C@@H]2C[C@@]3(C(=O)OC)C4=Nc5cc(OC)c(OC)cc5[C@@]4(O)CCN([C@@H]2O)[C@@H]13. The fourth-order valence-corrected chi connectivity index (χ4v) is 6.78. The van der Waals surface area contributed by atoms with Gasteiger partial charge in [-0.1, -0.05) is 13.3 Å². The van der Waals surface area contributed by atoms with Gasteiger partial charge >= 0.3 is 5.97 Å². The van der Waals surface area contributed by atoms with Gasteiger partial charge in [-0.2, -0.15) is 0 Å². The summed E-state index contributed by atoms with van der Waals surface area (Å²) in [6.45, 7) is 2.57. The quantitative estimate of drug-likeness (QED) is 0.705. The van der Waals surface area contributed by atoms with Crippen molar-refractivity contribution in [1.82, 2.24) is 4.90 Å². The van der Waals surface area contributed by atoms with Crippen molar-refractivity contribution >= 4 is 17.4 Å². The molecule has 4 heterocycles. The van der Waals surface area contributed by atoms with Gasteiger partial charge in [0.15, 0.2) is 11.5 Å². The summed E-state index contributed by atoms with van der Waals surface area (Å²) in [4.78, 5) is 20.4. The van der Waals surface area contributed by atoms with E-state index < -0.39 is 17.2 Å². The summed E-state index contributed by atoms with van der Waals surface area (Å²) in [5.74, 6) is 0.763. The van der Waals surface area contributed by atoms with E-state index in [2.05, 4.69) is 6.92 Å². The van der Waals surface area contributed by atoms with E-state index in [1.807, 2.05) is 4.90 Å². The third kappa shape index (κ3) is 2.46. The average molecular weight is 431 g/mol. The maximum absolute atomic E-state index is 13.5. The van der Waals surface area contributed by atoms with Crippen molar-refractivity contribution in [3.63, 3.8) is 0 Å². The number of benzene rings is 1. The van der Waals surface area contributed by atoms with Crippen molar-refractivity contribution < 1.29 is 29.2 Å². The molecular formula is C23H30N2O6. The molecule has 1 aliphatic carbocycles. The summed E-state index contributed by atoms with van der Waals surface area (Å²) >= 11 is 0. The van der Waals surface area contributed by atoms with E-state index in [0.717, 1.165) is 12.8 Å². The number of hydrogen-bond acceptors (Lipinski definition) is 8. The lowest BCUT2D eigenvalue weighted by Crippen LogP contribution is -2.71. The first kappa shape index (κ1) is 20.7. The number of nitrogens with zero attached hydrogens (tertiary/aromatic N) is 2. The smallest absolute Gasteiger partial charge is 0.319 e. The molecular weight excluding hydrogens is 400 g/mol. The van der Waals surface area contributed by atoms with E-state index in [0.29, 0.717) is 47.8 Å². The molecule has 1 unspecified atom stereocenters. The lowest BCUT2D eigenvalue weighted by atomic mass is 9.54. The van der Waals surface area contributed by atoms with Gasteiger partial charge in [-0.25, -0.2) is 0 Å². The van der Waals surface area contributed by atoms with Gasteiger partial charge in [-0.3, -0.25) is 14.7 Å². The predicted molar refractivity (Wildman–Crippen MR) is 113 cm³/mol. The van der Waals surface area contributed by atoms with Crippen LogP contribution in [0.25, 0.3) is 0 Å². The first-order valence-electron chi connectivity index (χ1n) is 11.0. The lowest BCUT2D eigenvalue weighted by Gasteiger charge is -2.60. The molecule has 4 fully saturated rings. The van der Waals surface area contributed by atoms with Crippen molar-refractivity contribution in [2.24, 2.45) is 22.2 Å². The van der Waals surface area contributed by atoms with Crippen LogP contribution in [-0.4, -0.2) is 66.9 Å². The highest BCUT2D eigenvalue weighted by atomic mass is 16.5. The van der Waals surface area contributed by atoms with Crippen LogP contribution in [0, 0.1) is 17.3 Å². The van der Waals surface area contributed by atoms with Gasteiger partial charge in [0.25, 0.3) is 0 Å². The summed E-state index contributed by atoms with van der Waals surface area (Å²) in [6, 6.07) is 3.24. The van der Waals surface area contributed by atoms with E-state index in [9.17, 15) is 15.0 Å². The van der Waals surface area contributed by atoms with Crippen LogP contribution in [0.2, 0.25) is 0 Å². The Morgan fingerprint density at radius 2 is 1.97 bits per heavy atom. The van der Waals surface area contributed by atoms with Crippen molar-refractivity contribution in [2.75, 3.05) is 27.9 Å². The van der Waals surface area contributed by atoms with Crippen molar-refractivity contribution in [1.29, 1.82) is 0 Å². The molecule has 2 N–H and O–H groups in total. The number of methoxy groups -OCH3 is 3. The summed E-state index contributed by atoms with van der Waals surface area (Å²) in [5, 5.41) is 23.1. The predicted octanol–water partition coefficient (Wildman–Crippen LogP) is 1.98. The summed E-state index contributed by atoms with van der Waals surface area (Å²) < 4.78 is 16.3. The molecule has 6 rings (SSSR count). The molecule has 0 spiro atoms. The second-order valence-electron chi connectivity index (χ2n) is 9.22. The van der Waals surface area contributed by atoms with Gasteiger partial charge < -0.3 is 24.4 Å². The van der Waals surface area contributed by atoms with Gasteiger partial charge in [0.05, 0.1) is 32.7 Å². The summed E-state index contributed by atoms with van der Waals surface area (Å²) in [6.07, 6.45) is 1.85. The molecule has 1 aromatic rings. The van der Waals surface area contributed by atoms with E-state index in [1.165, 1.54) is 7.11 Å². The Morgan fingerprint density at radius 1 is 1.26 bits per heavy atom. The van der Waals surface area contributed by atoms with Crippen molar-refractivity contribution in [3.05, 3.63) is 17.7 Å². The first-order chi connectivity index (χ1) is 14.8. The molecule has 7 atom stereocenters. The number of aliphatic hydroxyl groups is 2. The van der Waals surface area contributed by atoms with Crippen LogP contribution in [0.4, 0.5) is 5.69 Å². The summed E-state index contributed by atoms with van der Waals surface area (Å²) in [5.41, 5.74) is -0.917. The zero-order chi connectivity index (χ0) is 22.1. The fourth-order valence-electron chi connectivity index (χ4n) is 6.78. The number of hydrogen-bond donors (Lipinski definition) is 2. The first-order valence-corrected chi connectivity index (χ1v) is 11.0. The molecule has 8 heteroatoms. The molecule has 4 bridgehead atoms. The van der Waals surface area contributed by atoms with Crippen LogP contribution >= 0.6 is 0 Å². The minimum absolute atomic E-state index is 0.0770. The number of carbonyl (C=O) groups excluding carboxylic acids is 1. The van der Waals surface area contributed by atoms with Crippen LogP contribution in [0.5, 0.6) is 11.5 Å². The van der Waals surface area contributed by atoms with Gasteiger partial charge in [-0.05, 0) is 31.2 Å². The Morgan fingerprint density at radius 3 is 2.61 bits per heavy atom. The normalized spacial score (nSPS) is 39.8. The number of aliphatic hydroxyl groups excluding tert-OH is 1. The second kappa shape index (κ2) is 6.92. The highest BCUT2D eigenvalue weighted by Crippen LogP contribution is 2.61. The topological polar surface area (TPSA) is 101 Å². The Balaban J connectivity index is 1.76. The van der Waals surface area contributed by atoms with Crippen molar-refractivity contribution in [3.8, 4) is 11.5 Å². The number of esters is 1. The van der Waals surface area contributed by atoms with E-state index >= 15 is 0 Å². The third-order valence-electron chi connectivity index (χ3n) is 8.06. The second-order valence-corrected chi connectivity index (χ2v) is 9.22.